The van der Waals surface area contributed by atoms with Crippen molar-refractivity contribution >= 4 is 17.4 Å². The van der Waals surface area contributed by atoms with Gasteiger partial charge in [0.2, 0.25) is 6.43 Å². The Kier molecular flexibility index (Phi) is 3.53. The van der Waals surface area contributed by atoms with Crippen LogP contribution in [0.15, 0.2) is 12.4 Å². The molecule has 16 heavy (non-hydrogen) atoms. The van der Waals surface area contributed by atoms with Gasteiger partial charge >= 0.3 is 0 Å². The lowest BCUT2D eigenvalue weighted by atomic mass is 9.99. The van der Waals surface area contributed by atoms with Gasteiger partial charge in [-0.05, 0) is 12.8 Å². The maximum absolute atomic E-state index is 12.6. The molecule has 1 atom stereocenters. The van der Waals surface area contributed by atoms with Gasteiger partial charge in [0.15, 0.2) is 11.0 Å². The summed E-state index contributed by atoms with van der Waals surface area (Å²) in [5, 5.41) is 0.275. The molecule has 3 nitrogen and oxygen atoms in total. The minimum Gasteiger partial charge on any atom is -0.354 e. The number of rotatable bonds is 2. The maximum Gasteiger partial charge on any atom is 0.243 e. The van der Waals surface area contributed by atoms with Crippen LogP contribution in [0.5, 0.6) is 0 Å². The number of aromatic nitrogens is 2. The highest BCUT2D eigenvalue weighted by Gasteiger charge is 2.28. The highest BCUT2D eigenvalue weighted by atomic mass is 35.5. The van der Waals surface area contributed by atoms with E-state index in [1.807, 2.05) is 0 Å². The zero-order valence-corrected chi connectivity index (χ0v) is 9.37. The molecule has 0 N–H and O–H groups in total. The number of halogens is 3. The first-order valence-electron chi connectivity index (χ1n) is 5.18. The number of anilines is 1. The standard InChI is InChI=1S/C10H12ClF2N3/c11-8-10(15-4-3-14-8)16-5-1-2-7(6-16)9(12)13/h3-4,7,9H,1-2,5-6H2/t7-/m0/s1. The summed E-state index contributed by atoms with van der Waals surface area (Å²) < 4.78 is 25.2. The van der Waals surface area contributed by atoms with Crippen molar-refractivity contribution in [1.82, 2.24) is 9.97 Å². The van der Waals surface area contributed by atoms with E-state index in [0.717, 1.165) is 6.42 Å². The van der Waals surface area contributed by atoms with Crippen LogP contribution in [0.4, 0.5) is 14.6 Å². The van der Waals surface area contributed by atoms with Gasteiger partial charge in [0.25, 0.3) is 0 Å². The minimum atomic E-state index is -2.28. The fourth-order valence-corrected chi connectivity index (χ4v) is 2.16. The van der Waals surface area contributed by atoms with Gasteiger partial charge in [-0.1, -0.05) is 11.6 Å². The Hall–Kier alpha value is -0.970. The second-order valence-electron chi connectivity index (χ2n) is 3.85. The Morgan fingerprint density at radius 2 is 2.12 bits per heavy atom. The predicted octanol–water partition coefficient (Wildman–Crippen LogP) is 2.61. The van der Waals surface area contributed by atoms with Crippen LogP contribution in [-0.4, -0.2) is 29.5 Å². The molecular formula is C10H12ClF2N3. The molecule has 0 spiro atoms. The first-order valence-corrected chi connectivity index (χ1v) is 5.56. The van der Waals surface area contributed by atoms with Crippen molar-refractivity contribution in [2.24, 2.45) is 5.92 Å². The summed E-state index contributed by atoms with van der Waals surface area (Å²) in [5.74, 6) is -0.0821. The zero-order valence-electron chi connectivity index (χ0n) is 8.61. The molecule has 0 unspecified atom stereocenters. The maximum atomic E-state index is 12.6. The van der Waals surface area contributed by atoms with Crippen LogP contribution >= 0.6 is 11.6 Å². The quantitative estimate of drug-likeness (QED) is 0.805. The van der Waals surface area contributed by atoms with E-state index < -0.39 is 12.3 Å². The lowest BCUT2D eigenvalue weighted by Crippen LogP contribution is -2.38. The van der Waals surface area contributed by atoms with Crippen LogP contribution < -0.4 is 4.90 Å². The molecule has 88 valence electrons. The number of piperidine rings is 1. The zero-order chi connectivity index (χ0) is 11.5. The van der Waals surface area contributed by atoms with Crippen molar-refractivity contribution in [2.45, 2.75) is 19.3 Å². The third-order valence-corrected chi connectivity index (χ3v) is 3.02. The Bertz CT molecular complexity index is 362. The van der Waals surface area contributed by atoms with Gasteiger partial charge in [-0.2, -0.15) is 0 Å². The van der Waals surface area contributed by atoms with Crippen LogP contribution in [0.2, 0.25) is 5.15 Å². The van der Waals surface area contributed by atoms with E-state index in [1.54, 1.807) is 4.90 Å². The van der Waals surface area contributed by atoms with Crippen molar-refractivity contribution in [1.29, 1.82) is 0 Å². The summed E-state index contributed by atoms with van der Waals surface area (Å²) in [6, 6.07) is 0. The van der Waals surface area contributed by atoms with Gasteiger partial charge < -0.3 is 4.90 Å². The lowest BCUT2D eigenvalue weighted by molar-refractivity contribution is 0.0685. The Morgan fingerprint density at radius 3 is 2.81 bits per heavy atom. The fraction of sp³-hybridized carbons (Fsp3) is 0.600. The van der Waals surface area contributed by atoms with Gasteiger partial charge in [0.05, 0.1) is 0 Å². The topological polar surface area (TPSA) is 29.0 Å². The minimum absolute atomic E-state index is 0.275. The van der Waals surface area contributed by atoms with Crippen molar-refractivity contribution in [3.8, 4) is 0 Å². The van der Waals surface area contributed by atoms with Gasteiger partial charge in [0.1, 0.15) is 0 Å². The molecule has 1 fully saturated rings. The Labute approximate surface area is 97.4 Å². The molecule has 0 aromatic carbocycles. The third kappa shape index (κ3) is 2.40. The summed E-state index contributed by atoms with van der Waals surface area (Å²) in [6.45, 7) is 1.01. The van der Waals surface area contributed by atoms with Crippen LogP contribution in [0.3, 0.4) is 0 Å². The number of hydrogen-bond donors (Lipinski definition) is 0. The molecule has 1 aliphatic rings. The van der Waals surface area contributed by atoms with Crippen LogP contribution in [0.25, 0.3) is 0 Å². The van der Waals surface area contributed by atoms with E-state index in [9.17, 15) is 8.78 Å². The molecule has 0 aliphatic carbocycles. The Morgan fingerprint density at radius 1 is 1.38 bits per heavy atom. The fourth-order valence-electron chi connectivity index (χ4n) is 1.93. The molecule has 0 amide bonds. The first-order chi connectivity index (χ1) is 7.68. The van der Waals surface area contributed by atoms with E-state index in [2.05, 4.69) is 9.97 Å². The van der Waals surface area contributed by atoms with E-state index in [4.69, 9.17) is 11.6 Å². The van der Waals surface area contributed by atoms with E-state index in [-0.39, 0.29) is 5.15 Å². The van der Waals surface area contributed by atoms with Crippen molar-refractivity contribution in [3.05, 3.63) is 17.5 Å². The van der Waals surface area contributed by atoms with E-state index in [0.29, 0.717) is 25.3 Å². The van der Waals surface area contributed by atoms with E-state index >= 15 is 0 Å². The molecule has 0 bridgehead atoms. The first kappa shape index (κ1) is 11.5. The molecule has 2 heterocycles. The molecule has 0 saturated carbocycles. The summed E-state index contributed by atoms with van der Waals surface area (Å²) in [4.78, 5) is 9.77. The summed E-state index contributed by atoms with van der Waals surface area (Å²) in [6.07, 6.45) is 2.03. The lowest BCUT2D eigenvalue weighted by Gasteiger charge is -2.33. The molecule has 1 aromatic heterocycles. The normalized spacial score (nSPS) is 21.5. The van der Waals surface area contributed by atoms with Crippen molar-refractivity contribution < 1.29 is 8.78 Å². The molecule has 1 aliphatic heterocycles. The van der Waals surface area contributed by atoms with Crippen LogP contribution in [0.1, 0.15) is 12.8 Å². The second-order valence-corrected chi connectivity index (χ2v) is 4.21. The summed E-state index contributed by atoms with van der Waals surface area (Å²) >= 11 is 5.88. The summed E-state index contributed by atoms with van der Waals surface area (Å²) in [7, 11) is 0. The van der Waals surface area contributed by atoms with Gasteiger partial charge in [-0.15, -0.1) is 0 Å². The highest BCUT2D eigenvalue weighted by molar-refractivity contribution is 6.31. The number of hydrogen-bond acceptors (Lipinski definition) is 3. The average Bonchev–Trinajstić information content (AvgIpc) is 2.30. The monoisotopic (exact) mass is 247 g/mol. The molecular weight excluding hydrogens is 236 g/mol. The smallest absolute Gasteiger partial charge is 0.243 e. The molecule has 1 saturated heterocycles. The van der Waals surface area contributed by atoms with Gasteiger partial charge in [-0.25, -0.2) is 18.7 Å². The SMILES string of the molecule is FC(F)[C@H]1CCCN(c2nccnc2Cl)C1. The van der Waals surface area contributed by atoms with Crippen LogP contribution in [0, 0.1) is 5.92 Å². The average molecular weight is 248 g/mol. The van der Waals surface area contributed by atoms with Gasteiger partial charge in [0, 0.05) is 31.4 Å². The Balaban J connectivity index is 2.13. The number of nitrogens with zero attached hydrogens (tertiary/aromatic N) is 3. The largest absolute Gasteiger partial charge is 0.354 e. The summed E-state index contributed by atoms with van der Waals surface area (Å²) in [5.41, 5.74) is 0. The molecule has 6 heteroatoms. The predicted molar refractivity (Wildman–Crippen MR) is 58.0 cm³/mol. The molecule has 0 radical (unpaired) electrons. The molecule has 1 aromatic rings. The van der Waals surface area contributed by atoms with Crippen molar-refractivity contribution in [2.75, 3.05) is 18.0 Å². The van der Waals surface area contributed by atoms with Gasteiger partial charge in [-0.3, -0.25) is 0 Å². The van der Waals surface area contributed by atoms with Crippen LogP contribution in [-0.2, 0) is 0 Å². The van der Waals surface area contributed by atoms with E-state index in [1.165, 1.54) is 12.4 Å². The highest BCUT2D eigenvalue weighted by Crippen LogP contribution is 2.28. The third-order valence-electron chi connectivity index (χ3n) is 2.75. The van der Waals surface area contributed by atoms with Crippen molar-refractivity contribution in [3.63, 3.8) is 0 Å². The second kappa shape index (κ2) is 4.91. The number of alkyl halides is 2. The molecule has 2 rings (SSSR count).